The lowest BCUT2D eigenvalue weighted by atomic mass is 9.87. The van der Waals surface area contributed by atoms with Gasteiger partial charge in [0.15, 0.2) is 18.0 Å². The Morgan fingerprint density at radius 3 is 2.29 bits per heavy atom. The van der Waals surface area contributed by atoms with Crippen molar-refractivity contribution in [3.8, 4) is 0 Å². The van der Waals surface area contributed by atoms with Crippen LogP contribution in [0.1, 0.15) is 144 Å². The predicted octanol–water partition coefficient (Wildman–Crippen LogP) is 10.6. The summed E-state index contributed by atoms with van der Waals surface area (Å²) < 4.78 is 41.3. The second-order valence-corrected chi connectivity index (χ2v) is 19.5. The molecule has 3 atom stereocenters. The average molecular weight is 841 g/mol. The van der Waals surface area contributed by atoms with Gasteiger partial charge < -0.3 is 14.8 Å². The highest BCUT2D eigenvalue weighted by Crippen LogP contribution is 2.38. The van der Waals surface area contributed by atoms with Gasteiger partial charge in [0.2, 0.25) is 0 Å². The van der Waals surface area contributed by atoms with E-state index >= 15 is 4.79 Å². The maximum Gasteiger partial charge on any atom is 0.418 e. The molecule has 0 aromatic heterocycles. The van der Waals surface area contributed by atoms with Gasteiger partial charge in [-0.15, -0.1) is 11.8 Å². The zero-order valence-electron chi connectivity index (χ0n) is 36.0. The summed E-state index contributed by atoms with van der Waals surface area (Å²) in [7, 11) is -4.27. The molecule has 2 heterocycles. The SMILES string of the molecule is CCCCCCC(CCCC)CSc1ccc(C(C)(C)C)cc1NC(=O)C(C1=Nc2ccccc2S(=O)(=O)N1CCCOCCCC)N1C(=O)OC(CCCC)C1=O. The third-order valence-electron chi connectivity index (χ3n) is 10.7. The van der Waals surface area contributed by atoms with Crippen LogP contribution < -0.4 is 5.32 Å². The number of cyclic esters (lactones) is 1. The second kappa shape index (κ2) is 22.8. The number of nitrogens with zero attached hydrogens (tertiary/aromatic N) is 3. The number of carbonyl (C=O) groups is 3. The van der Waals surface area contributed by atoms with E-state index in [0.29, 0.717) is 31.1 Å². The number of ether oxygens (including phenoxy) is 2. The van der Waals surface area contributed by atoms with Gasteiger partial charge in [0.1, 0.15) is 4.90 Å². The number of anilines is 1. The molecule has 58 heavy (non-hydrogen) atoms. The monoisotopic (exact) mass is 840 g/mol. The zero-order valence-corrected chi connectivity index (χ0v) is 37.7. The number of sulfonamides is 1. The maximum atomic E-state index is 15.1. The summed E-state index contributed by atoms with van der Waals surface area (Å²) in [6.07, 6.45) is 11.1. The number of aliphatic imine (C=N–C) groups is 1. The van der Waals surface area contributed by atoms with Crippen molar-refractivity contribution < 1.29 is 32.3 Å². The Morgan fingerprint density at radius 2 is 1.59 bits per heavy atom. The van der Waals surface area contributed by atoms with Crippen molar-refractivity contribution in [3.05, 3.63) is 48.0 Å². The zero-order chi connectivity index (χ0) is 42.3. The number of amides is 3. The number of thioether (sulfide) groups is 1. The van der Waals surface area contributed by atoms with Crippen LogP contribution in [-0.4, -0.2) is 79.0 Å². The molecular weight excluding hydrogens is 773 g/mol. The minimum Gasteiger partial charge on any atom is -0.436 e. The molecule has 2 aromatic carbocycles. The molecule has 322 valence electrons. The average Bonchev–Trinajstić information content (AvgIpc) is 3.46. The lowest BCUT2D eigenvalue weighted by Gasteiger charge is -2.35. The molecule has 2 aliphatic heterocycles. The van der Waals surface area contributed by atoms with Crippen LogP contribution in [0.2, 0.25) is 0 Å². The van der Waals surface area contributed by atoms with Gasteiger partial charge in [-0.1, -0.05) is 118 Å². The smallest absolute Gasteiger partial charge is 0.418 e. The fourth-order valence-electron chi connectivity index (χ4n) is 7.20. The van der Waals surface area contributed by atoms with Crippen LogP contribution in [0.3, 0.4) is 0 Å². The normalized spacial score (nSPS) is 17.5. The molecule has 1 fully saturated rings. The molecule has 3 amide bonds. The first-order valence-corrected chi connectivity index (χ1v) is 24.1. The standard InChI is InChI=1S/C45H68N4O7S2/c1-8-12-16-17-22-33(21-13-9-2)32-57-38-27-26-34(45(5,6)7)31-36(38)47-42(50)40(49-43(51)37(24-14-10-3)56-44(49)52)41-46-35-23-18-19-25-39(35)58(53,54)48(41)28-20-30-55-29-15-11-4/h18-19,23,25-27,31,33,37,40H,8-17,20-22,24,28-30,32H2,1-7H3,(H,47,50). The van der Waals surface area contributed by atoms with Gasteiger partial charge in [-0.05, 0) is 79.7 Å². The number of amidine groups is 1. The number of para-hydroxylation sites is 1. The van der Waals surface area contributed by atoms with Gasteiger partial charge >= 0.3 is 6.09 Å². The number of carbonyl (C=O) groups excluding carboxylic acids is 3. The van der Waals surface area contributed by atoms with Crippen molar-refractivity contribution in [1.82, 2.24) is 9.21 Å². The van der Waals surface area contributed by atoms with Crippen LogP contribution in [-0.2, 0) is 34.5 Å². The first-order valence-electron chi connectivity index (χ1n) is 21.7. The van der Waals surface area contributed by atoms with E-state index in [1.54, 1.807) is 30.0 Å². The third kappa shape index (κ3) is 12.5. The highest BCUT2D eigenvalue weighted by molar-refractivity contribution is 7.99. The molecule has 1 saturated heterocycles. The Balaban J connectivity index is 1.79. The van der Waals surface area contributed by atoms with Crippen LogP contribution >= 0.6 is 11.8 Å². The molecule has 0 saturated carbocycles. The topological polar surface area (TPSA) is 135 Å². The summed E-state index contributed by atoms with van der Waals surface area (Å²) in [5, 5.41) is 3.10. The summed E-state index contributed by atoms with van der Waals surface area (Å²) in [5.41, 5.74) is 1.38. The van der Waals surface area contributed by atoms with Gasteiger partial charge in [-0.25, -0.2) is 23.1 Å². The van der Waals surface area contributed by atoms with E-state index in [2.05, 4.69) is 52.9 Å². The number of hydrogen-bond donors (Lipinski definition) is 1. The van der Waals surface area contributed by atoms with Gasteiger partial charge in [0.05, 0.1) is 11.4 Å². The van der Waals surface area contributed by atoms with Crippen LogP contribution in [0.25, 0.3) is 0 Å². The summed E-state index contributed by atoms with van der Waals surface area (Å²) in [4.78, 5) is 49.4. The predicted molar refractivity (Wildman–Crippen MR) is 234 cm³/mol. The van der Waals surface area contributed by atoms with Crippen molar-refractivity contribution in [2.45, 2.75) is 166 Å². The van der Waals surface area contributed by atoms with Crippen LogP contribution in [0.4, 0.5) is 16.2 Å². The van der Waals surface area contributed by atoms with E-state index in [4.69, 9.17) is 14.5 Å². The number of rotatable bonds is 25. The minimum atomic E-state index is -4.27. The summed E-state index contributed by atoms with van der Waals surface area (Å²) in [6.45, 7) is 15.5. The molecule has 13 heteroatoms. The molecule has 2 aromatic rings. The van der Waals surface area contributed by atoms with Crippen molar-refractivity contribution in [2.24, 2.45) is 10.9 Å². The summed E-state index contributed by atoms with van der Waals surface area (Å²) in [6, 6.07) is 10.6. The second-order valence-electron chi connectivity index (χ2n) is 16.6. The molecule has 0 spiro atoms. The van der Waals surface area contributed by atoms with E-state index < -0.39 is 40.1 Å². The molecule has 1 N–H and O–H groups in total. The molecule has 3 unspecified atom stereocenters. The summed E-state index contributed by atoms with van der Waals surface area (Å²) >= 11 is 1.69. The third-order valence-corrected chi connectivity index (χ3v) is 13.9. The van der Waals surface area contributed by atoms with Gasteiger partial charge in [0, 0.05) is 30.4 Å². The Labute approximate surface area is 352 Å². The lowest BCUT2D eigenvalue weighted by molar-refractivity contribution is -0.133. The maximum absolute atomic E-state index is 15.1. The molecule has 0 bridgehead atoms. The molecule has 0 radical (unpaired) electrons. The highest BCUT2D eigenvalue weighted by Gasteiger charge is 2.52. The quantitative estimate of drug-likeness (QED) is 0.0771. The van der Waals surface area contributed by atoms with Crippen LogP contribution in [0.5, 0.6) is 0 Å². The van der Waals surface area contributed by atoms with Gasteiger partial charge in [0.25, 0.3) is 21.8 Å². The fourth-order valence-corrected chi connectivity index (χ4v) is 10.0. The molecule has 4 rings (SSSR count). The van der Waals surface area contributed by atoms with Crippen molar-refractivity contribution in [2.75, 3.05) is 30.8 Å². The van der Waals surface area contributed by atoms with Gasteiger partial charge in [-0.3, -0.25) is 13.9 Å². The van der Waals surface area contributed by atoms with E-state index in [1.807, 2.05) is 19.1 Å². The van der Waals surface area contributed by atoms with Crippen LogP contribution in [0, 0.1) is 5.92 Å². The Hall–Kier alpha value is -3.42. The number of fused-ring (bicyclic) bond motifs is 1. The van der Waals surface area contributed by atoms with Crippen molar-refractivity contribution >= 4 is 56.9 Å². The van der Waals surface area contributed by atoms with E-state index in [0.717, 1.165) is 70.4 Å². The van der Waals surface area contributed by atoms with Crippen molar-refractivity contribution in [1.29, 1.82) is 0 Å². The van der Waals surface area contributed by atoms with Crippen molar-refractivity contribution in [3.63, 3.8) is 0 Å². The Morgan fingerprint density at radius 1 is 0.897 bits per heavy atom. The lowest BCUT2D eigenvalue weighted by Crippen LogP contribution is -2.58. The largest absolute Gasteiger partial charge is 0.436 e. The van der Waals surface area contributed by atoms with E-state index in [-0.39, 0.29) is 41.4 Å². The first kappa shape index (κ1) is 47.3. The number of unbranched alkanes of at least 4 members (excludes halogenated alkanes) is 6. The van der Waals surface area contributed by atoms with Crippen LogP contribution in [0.15, 0.2) is 57.2 Å². The number of benzene rings is 2. The number of nitrogens with one attached hydrogen (secondary N) is 1. The Bertz CT molecular complexity index is 1810. The first-order chi connectivity index (χ1) is 27.8. The molecule has 2 aliphatic rings. The fraction of sp³-hybridized carbons (Fsp3) is 0.644. The highest BCUT2D eigenvalue weighted by atomic mass is 32.2. The minimum absolute atomic E-state index is 0.0233. The number of imide groups is 1. The summed E-state index contributed by atoms with van der Waals surface area (Å²) in [5.74, 6) is -0.300. The van der Waals surface area contributed by atoms with Gasteiger partial charge in [-0.2, -0.15) is 0 Å². The molecule has 0 aliphatic carbocycles. The Kier molecular flexibility index (Phi) is 18.6. The number of hydrogen-bond acceptors (Lipinski definition) is 9. The van der Waals surface area contributed by atoms with E-state index in [1.165, 1.54) is 31.7 Å². The van der Waals surface area contributed by atoms with E-state index in [9.17, 15) is 18.0 Å². The molecular formula is C45H68N4O7S2. The molecule has 11 nitrogen and oxygen atoms in total.